The van der Waals surface area contributed by atoms with Crippen molar-refractivity contribution in [1.82, 2.24) is 5.32 Å². The van der Waals surface area contributed by atoms with Gasteiger partial charge in [0.1, 0.15) is 0 Å². The Balaban J connectivity index is 2.54. The lowest BCUT2D eigenvalue weighted by Gasteiger charge is -2.05. The molecule has 68 valence electrons. The average molecular weight is 196 g/mol. The lowest BCUT2D eigenvalue weighted by Crippen LogP contribution is -2.12. The van der Waals surface area contributed by atoms with E-state index in [1.165, 1.54) is 0 Å². The maximum atomic E-state index is 11.6. The highest BCUT2D eigenvalue weighted by Gasteiger charge is 2.16. The van der Waals surface area contributed by atoms with E-state index in [1.807, 2.05) is 18.2 Å². The van der Waals surface area contributed by atoms with Crippen LogP contribution in [0.1, 0.15) is 22.3 Å². The smallest absolute Gasteiger partial charge is 0.164 e. The van der Waals surface area contributed by atoms with Crippen molar-refractivity contribution >= 4 is 17.4 Å². The summed E-state index contributed by atoms with van der Waals surface area (Å²) in [4.78, 5) is 11.6. The van der Waals surface area contributed by atoms with Gasteiger partial charge in [-0.25, -0.2) is 0 Å². The maximum Gasteiger partial charge on any atom is 0.164 e. The second-order valence-electron chi connectivity index (χ2n) is 3.12. The zero-order valence-electron chi connectivity index (χ0n) is 7.14. The third-order valence-electron chi connectivity index (χ3n) is 2.25. The number of benzene rings is 1. The van der Waals surface area contributed by atoms with Crippen molar-refractivity contribution in [1.29, 1.82) is 0 Å². The number of hydrogen-bond acceptors (Lipinski definition) is 2. The van der Waals surface area contributed by atoms with Crippen molar-refractivity contribution in [3.8, 4) is 0 Å². The van der Waals surface area contributed by atoms with Gasteiger partial charge < -0.3 is 5.32 Å². The van der Waals surface area contributed by atoms with Crippen LogP contribution >= 0.6 is 11.6 Å². The summed E-state index contributed by atoms with van der Waals surface area (Å²) in [5.41, 5.74) is 1.71. The number of rotatable bonds is 0. The third-order valence-corrected chi connectivity index (χ3v) is 2.60. The molecule has 2 rings (SSSR count). The Kier molecular flexibility index (Phi) is 2.34. The molecule has 1 aromatic rings. The van der Waals surface area contributed by atoms with Gasteiger partial charge in [0.2, 0.25) is 0 Å². The molecule has 0 fully saturated rings. The third kappa shape index (κ3) is 1.60. The van der Waals surface area contributed by atoms with Crippen LogP contribution in [0.15, 0.2) is 18.2 Å². The van der Waals surface area contributed by atoms with Crippen molar-refractivity contribution in [2.24, 2.45) is 0 Å². The fourth-order valence-electron chi connectivity index (χ4n) is 1.55. The fourth-order valence-corrected chi connectivity index (χ4v) is 1.79. The number of halogens is 1. The van der Waals surface area contributed by atoms with Crippen LogP contribution in [0, 0.1) is 0 Å². The average Bonchev–Trinajstić information content (AvgIpc) is 2.30. The van der Waals surface area contributed by atoms with Gasteiger partial charge in [-0.05, 0) is 11.6 Å². The first-order valence-electron chi connectivity index (χ1n) is 4.30. The minimum Gasteiger partial charge on any atom is -0.312 e. The van der Waals surface area contributed by atoms with Crippen LogP contribution in [0.25, 0.3) is 0 Å². The van der Waals surface area contributed by atoms with Crippen molar-refractivity contribution in [2.45, 2.75) is 13.0 Å². The van der Waals surface area contributed by atoms with Gasteiger partial charge in [0.05, 0.1) is 0 Å². The molecule has 1 aliphatic heterocycles. The van der Waals surface area contributed by atoms with E-state index in [-0.39, 0.29) is 5.78 Å². The lowest BCUT2D eigenvalue weighted by molar-refractivity contribution is 0.0985. The van der Waals surface area contributed by atoms with Crippen LogP contribution in [0.4, 0.5) is 0 Å². The molecule has 1 N–H and O–H groups in total. The minimum absolute atomic E-state index is 0.183. The number of fused-ring (bicyclic) bond motifs is 1. The molecule has 3 heteroatoms. The molecule has 0 unspecified atom stereocenters. The molecular formula is C10H10ClNO. The highest BCUT2D eigenvalue weighted by Crippen LogP contribution is 2.22. The van der Waals surface area contributed by atoms with Crippen molar-refractivity contribution < 1.29 is 4.79 Å². The van der Waals surface area contributed by atoms with E-state index in [1.54, 1.807) is 0 Å². The molecule has 0 spiro atoms. The number of Topliss-reactive ketones (excluding diaryl/α,β-unsaturated/α-hetero) is 1. The monoisotopic (exact) mass is 195 g/mol. The molecule has 0 aliphatic carbocycles. The molecular weight excluding hydrogens is 186 g/mol. The predicted octanol–water partition coefficient (Wildman–Crippen LogP) is 2.02. The molecule has 0 bridgehead atoms. The van der Waals surface area contributed by atoms with E-state index in [4.69, 9.17) is 11.6 Å². The van der Waals surface area contributed by atoms with Crippen molar-refractivity contribution in [2.75, 3.05) is 6.54 Å². The van der Waals surface area contributed by atoms with E-state index in [0.717, 1.165) is 17.7 Å². The van der Waals surface area contributed by atoms with Gasteiger partial charge in [0.25, 0.3) is 0 Å². The summed E-state index contributed by atoms with van der Waals surface area (Å²) in [6, 6.07) is 5.49. The Bertz CT molecular complexity index is 349. The Morgan fingerprint density at radius 2 is 2.23 bits per heavy atom. The zero-order chi connectivity index (χ0) is 9.26. The highest BCUT2D eigenvalue weighted by atomic mass is 35.5. The second kappa shape index (κ2) is 3.48. The molecule has 2 nitrogen and oxygen atoms in total. The van der Waals surface area contributed by atoms with Gasteiger partial charge in [0.15, 0.2) is 5.78 Å². The number of carbonyl (C=O) groups excluding carboxylic acids is 1. The summed E-state index contributed by atoms with van der Waals surface area (Å²) in [5, 5.41) is 3.85. The molecule has 13 heavy (non-hydrogen) atoms. The molecule has 0 atom stereocenters. The Hall–Kier alpha value is -0.860. The van der Waals surface area contributed by atoms with E-state index in [0.29, 0.717) is 18.0 Å². The molecule has 0 radical (unpaired) electrons. The minimum atomic E-state index is 0.183. The summed E-state index contributed by atoms with van der Waals surface area (Å²) in [6.07, 6.45) is 0.563. The van der Waals surface area contributed by atoms with Crippen LogP contribution in [0.2, 0.25) is 5.02 Å². The second-order valence-corrected chi connectivity index (χ2v) is 3.52. The number of ketones is 1. The van der Waals surface area contributed by atoms with Crippen LogP contribution in [0.5, 0.6) is 0 Å². The Morgan fingerprint density at radius 3 is 3.08 bits per heavy atom. The molecule has 1 aromatic carbocycles. The van der Waals surface area contributed by atoms with Gasteiger partial charge in [-0.1, -0.05) is 23.7 Å². The number of hydrogen-bond donors (Lipinski definition) is 1. The molecule has 1 heterocycles. The van der Waals surface area contributed by atoms with Crippen LogP contribution in [0.3, 0.4) is 0 Å². The van der Waals surface area contributed by atoms with Crippen LogP contribution in [-0.2, 0) is 6.54 Å². The summed E-state index contributed by atoms with van der Waals surface area (Å²) < 4.78 is 0. The molecule has 0 saturated carbocycles. The van der Waals surface area contributed by atoms with E-state index < -0.39 is 0 Å². The van der Waals surface area contributed by atoms with E-state index in [9.17, 15) is 4.79 Å². The van der Waals surface area contributed by atoms with Gasteiger partial charge in [-0.2, -0.15) is 0 Å². The number of carbonyl (C=O) groups is 1. The largest absolute Gasteiger partial charge is 0.312 e. The van der Waals surface area contributed by atoms with Crippen LogP contribution < -0.4 is 5.32 Å². The summed E-state index contributed by atoms with van der Waals surface area (Å²) in [5.74, 6) is 0.183. The fraction of sp³-hybridized carbons (Fsp3) is 0.300. The summed E-state index contributed by atoms with van der Waals surface area (Å²) in [6.45, 7) is 1.44. The van der Waals surface area contributed by atoms with Gasteiger partial charge in [-0.15, -0.1) is 0 Å². The Morgan fingerprint density at radius 1 is 1.38 bits per heavy atom. The van der Waals surface area contributed by atoms with Gasteiger partial charge in [0, 0.05) is 30.1 Å². The first-order valence-corrected chi connectivity index (χ1v) is 4.68. The highest BCUT2D eigenvalue weighted by molar-refractivity contribution is 6.32. The predicted molar refractivity (Wildman–Crippen MR) is 52.1 cm³/mol. The topological polar surface area (TPSA) is 29.1 Å². The first kappa shape index (κ1) is 8.73. The summed E-state index contributed by atoms with van der Waals surface area (Å²) in [7, 11) is 0. The van der Waals surface area contributed by atoms with Crippen molar-refractivity contribution in [3.63, 3.8) is 0 Å². The Labute approximate surface area is 81.9 Å². The van der Waals surface area contributed by atoms with Gasteiger partial charge in [-0.3, -0.25) is 4.79 Å². The SMILES string of the molecule is O=C1CCNCc2c(Cl)cccc21. The lowest BCUT2D eigenvalue weighted by atomic mass is 10.0. The molecule has 1 aliphatic rings. The first-order chi connectivity index (χ1) is 6.29. The van der Waals surface area contributed by atoms with Crippen LogP contribution in [-0.4, -0.2) is 12.3 Å². The normalized spacial score (nSPS) is 16.5. The number of nitrogens with one attached hydrogen (secondary N) is 1. The van der Waals surface area contributed by atoms with E-state index in [2.05, 4.69) is 5.32 Å². The van der Waals surface area contributed by atoms with Gasteiger partial charge >= 0.3 is 0 Å². The molecule has 0 aromatic heterocycles. The van der Waals surface area contributed by atoms with E-state index >= 15 is 0 Å². The summed E-state index contributed by atoms with van der Waals surface area (Å²) >= 11 is 5.99. The zero-order valence-corrected chi connectivity index (χ0v) is 7.90. The standard InChI is InChI=1S/C10H10ClNO/c11-9-3-1-2-7-8(9)6-12-5-4-10(7)13/h1-3,12H,4-6H2. The van der Waals surface area contributed by atoms with Crippen molar-refractivity contribution in [3.05, 3.63) is 34.3 Å². The quantitative estimate of drug-likeness (QED) is 0.686. The molecule has 0 saturated heterocycles. The maximum absolute atomic E-state index is 11.6. The molecule has 0 amide bonds.